The molecule has 0 heterocycles. The molecule has 0 bridgehead atoms. The highest BCUT2D eigenvalue weighted by Gasteiger charge is 2.07. The van der Waals surface area contributed by atoms with Crippen molar-refractivity contribution in [3.8, 4) is 0 Å². The van der Waals surface area contributed by atoms with Crippen LogP contribution in [0.25, 0.3) is 0 Å². The van der Waals surface area contributed by atoms with Gasteiger partial charge in [0.1, 0.15) is 0 Å². The zero-order valence-corrected chi connectivity index (χ0v) is 14.3. The maximum atomic E-state index is 12.0. The summed E-state index contributed by atoms with van der Waals surface area (Å²) in [7, 11) is 0. The summed E-state index contributed by atoms with van der Waals surface area (Å²) < 4.78 is 0. The summed E-state index contributed by atoms with van der Waals surface area (Å²) in [4.78, 5) is 22.8. The number of carbonyl (C=O) groups excluding carboxylic acids is 1. The molecule has 0 spiro atoms. The van der Waals surface area contributed by atoms with Gasteiger partial charge < -0.3 is 10.4 Å². The van der Waals surface area contributed by atoms with Crippen LogP contribution in [0.3, 0.4) is 0 Å². The van der Waals surface area contributed by atoms with E-state index < -0.39 is 5.97 Å². The van der Waals surface area contributed by atoms with Crippen LogP contribution in [-0.2, 0) is 17.6 Å². The molecule has 4 nitrogen and oxygen atoms in total. The van der Waals surface area contributed by atoms with E-state index in [1.165, 1.54) is 34.4 Å². The van der Waals surface area contributed by atoms with Crippen LogP contribution < -0.4 is 5.32 Å². The van der Waals surface area contributed by atoms with Crippen LogP contribution in [0, 0.1) is 20.8 Å². The van der Waals surface area contributed by atoms with Crippen LogP contribution in [0.4, 0.5) is 0 Å². The van der Waals surface area contributed by atoms with Gasteiger partial charge in [-0.2, -0.15) is 0 Å². The van der Waals surface area contributed by atoms with Crippen molar-refractivity contribution in [3.63, 3.8) is 0 Å². The van der Waals surface area contributed by atoms with Crippen molar-refractivity contribution in [3.05, 3.63) is 69.8 Å². The molecule has 0 aromatic heterocycles. The van der Waals surface area contributed by atoms with Crippen molar-refractivity contribution < 1.29 is 14.7 Å². The second kappa shape index (κ2) is 7.77. The molecule has 0 unspecified atom stereocenters. The Kier molecular flexibility index (Phi) is 5.74. The number of aromatic carboxylic acids is 1. The van der Waals surface area contributed by atoms with Crippen LogP contribution in [0.5, 0.6) is 0 Å². The van der Waals surface area contributed by atoms with E-state index in [2.05, 4.69) is 38.2 Å². The van der Waals surface area contributed by atoms with Gasteiger partial charge in [-0.15, -0.1) is 0 Å². The van der Waals surface area contributed by atoms with Crippen molar-refractivity contribution in [1.82, 2.24) is 5.32 Å². The molecule has 2 rings (SSSR count). The molecule has 2 aromatic rings. The van der Waals surface area contributed by atoms with Crippen LogP contribution in [0.1, 0.15) is 38.2 Å². The van der Waals surface area contributed by atoms with E-state index in [1.807, 2.05) is 0 Å². The van der Waals surface area contributed by atoms with Crippen LogP contribution in [-0.4, -0.2) is 23.5 Å². The van der Waals surface area contributed by atoms with Gasteiger partial charge in [-0.05, 0) is 61.6 Å². The van der Waals surface area contributed by atoms with Crippen molar-refractivity contribution in [2.24, 2.45) is 0 Å². The summed E-state index contributed by atoms with van der Waals surface area (Å²) in [5.74, 6) is -1.02. The molecule has 0 saturated heterocycles. The fourth-order valence-electron chi connectivity index (χ4n) is 2.94. The Labute approximate surface area is 142 Å². The first-order chi connectivity index (χ1) is 11.4. The third-order valence-corrected chi connectivity index (χ3v) is 4.10. The van der Waals surface area contributed by atoms with E-state index in [-0.39, 0.29) is 17.9 Å². The summed E-state index contributed by atoms with van der Waals surface area (Å²) in [6.45, 7) is 6.88. The number of carboxylic acid groups (broad SMARTS) is 1. The SMILES string of the molecule is Cc1cc(C)c(CCNC(=O)Cc2ccc(C(=O)O)cc2)c(C)c1. The molecule has 0 aliphatic carbocycles. The molecule has 0 atom stereocenters. The number of carboxylic acids is 1. The second-order valence-electron chi connectivity index (χ2n) is 6.16. The topological polar surface area (TPSA) is 66.4 Å². The molecule has 0 radical (unpaired) electrons. The largest absolute Gasteiger partial charge is 0.478 e. The van der Waals surface area contributed by atoms with Gasteiger partial charge in [0.2, 0.25) is 5.91 Å². The van der Waals surface area contributed by atoms with Gasteiger partial charge in [-0.3, -0.25) is 4.79 Å². The van der Waals surface area contributed by atoms with Gasteiger partial charge in [0, 0.05) is 6.54 Å². The summed E-state index contributed by atoms with van der Waals surface area (Å²) >= 11 is 0. The lowest BCUT2D eigenvalue weighted by atomic mass is 9.97. The number of carbonyl (C=O) groups is 2. The third-order valence-electron chi connectivity index (χ3n) is 4.10. The van der Waals surface area contributed by atoms with Crippen LogP contribution >= 0.6 is 0 Å². The molecule has 1 amide bonds. The van der Waals surface area contributed by atoms with Gasteiger partial charge in [-0.1, -0.05) is 29.8 Å². The lowest BCUT2D eigenvalue weighted by molar-refractivity contribution is -0.120. The van der Waals surface area contributed by atoms with E-state index >= 15 is 0 Å². The first-order valence-electron chi connectivity index (χ1n) is 8.02. The Balaban J connectivity index is 1.86. The normalized spacial score (nSPS) is 10.5. The van der Waals surface area contributed by atoms with Gasteiger partial charge in [0.05, 0.1) is 12.0 Å². The molecule has 0 aliphatic rings. The van der Waals surface area contributed by atoms with Crippen molar-refractivity contribution in [2.45, 2.75) is 33.6 Å². The maximum Gasteiger partial charge on any atom is 0.335 e. The molecular formula is C20H23NO3. The number of hydrogen-bond acceptors (Lipinski definition) is 2. The highest BCUT2D eigenvalue weighted by atomic mass is 16.4. The van der Waals surface area contributed by atoms with E-state index in [0.29, 0.717) is 6.54 Å². The predicted molar refractivity (Wildman–Crippen MR) is 94.5 cm³/mol. The lowest BCUT2D eigenvalue weighted by Gasteiger charge is -2.12. The monoisotopic (exact) mass is 325 g/mol. The Morgan fingerprint density at radius 1 is 1.00 bits per heavy atom. The smallest absolute Gasteiger partial charge is 0.335 e. The first-order valence-corrected chi connectivity index (χ1v) is 8.02. The highest BCUT2D eigenvalue weighted by Crippen LogP contribution is 2.16. The Hall–Kier alpha value is -2.62. The number of nitrogens with one attached hydrogen (secondary N) is 1. The van der Waals surface area contributed by atoms with Crippen LogP contribution in [0.2, 0.25) is 0 Å². The second-order valence-corrected chi connectivity index (χ2v) is 6.16. The molecule has 126 valence electrons. The molecule has 0 aliphatic heterocycles. The van der Waals surface area contributed by atoms with Gasteiger partial charge >= 0.3 is 5.97 Å². The summed E-state index contributed by atoms with van der Waals surface area (Å²) in [5.41, 5.74) is 6.08. The molecular weight excluding hydrogens is 302 g/mol. The van der Waals surface area contributed by atoms with Gasteiger partial charge in [0.25, 0.3) is 0 Å². The summed E-state index contributed by atoms with van der Waals surface area (Å²) in [5, 5.41) is 11.8. The maximum absolute atomic E-state index is 12.0. The zero-order chi connectivity index (χ0) is 17.7. The number of rotatable bonds is 6. The van der Waals surface area contributed by atoms with E-state index in [1.54, 1.807) is 12.1 Å². The number of amides is 1. The van der Waals surface area contributed by atoms with Crippen molar-refractivity contribution in [2.75, 3.05) is 6.54 Å². The molecule has 0 fully saturated rings. The van der Waals surface area contributed by atoms with Crippen molar-refractivity contribution >= 4 is 11.9 Å². The number of aryl methyl sites for hydroxylation is 3. The Bertz CT molecular complexity index is 725. The Morgan fingerprint density at radius 3 is 2.12 bits per heavy atom. The minimum absolute atomic E-state index is 0.0551. The molecule has 24 heavy (non-hydrogen) atoms. The molecule has 2 N–H and O–H groups in total. The van der Waals surface area contributed by atoms with E-state index in [0.717, 1.165) is 12.0 Å². The summed E-state index contributed by atoms with van der Waals surface area (Å²) in [6.07, 6.45) is 1.06. The Morgan fingerprint density at radius 2 is 1.58 bits per heavy atom. The third kappa shape index (κ3) is 4.69. The fraction of sp³-hybridized carbons (Fsp3) is 0.300. The number of benzene rings is 2. The summed E-state index contributed by atoms with van der Waals surface area (Å²) in [6, 6.07) is 10.7. The minimum Gasteiger partial charge on any atom is -0.478 e. The number of hydrogen-bond donors (Lipinski definition) is 2. The van der Waals surface area contributed by atoms with E-state index in [4.69, 9.17) is 5.11 Å². The standard InChI is InChI=1S/C20H23NO3/c1-13-10-14(2)18(15(3)11-13)8-9-21-19(22)12-16-4-6-17(7-5-16)20(23)24/h4-7,10-11H,8-9,12H2,1-3H3,(H,21,22)(H,23,24). The fourth-order valence-corrected chi connectivity index (χ4v) is 2.94. The molecule has 0 saturated carbocycles. The van der Waals surface area contributed by atoms with Gasteiger partial charge in [-0.25, -0.2) is 4.79 Å². The van der Waals surface area contributed by atoms with Gasteiger partial charge in [0.15, 0.2) is 0 Å². The predicted octanol–water partition coefficient (Wildman–Crippen LogP) is 3.21. The quantitative estimate of drug-likeness (QED) is 0.857. The highest BCUT2D eigenvalue weighted by molar-refractivity contribution is 5.87. The molecule has 4 heteroatoms. The van der Waals surface area contributed by atoms with E-state index in [9.17, 15) is 9.59 Å². The molecule has 2 aromatic carbocycles. The first kappa shape index (κ1) is 17.7. The zero-order valence-electron chi connectivity index (χ0n) is 14.3. The average molecular weight is 325 g/mol. The van der Waals surface area contributed by atoms with Crippen LogP contribution in [0.15, 0.2) is 36.4 Å². The average Bonchev–Trinajstić information content (AvgIpc) is 2.50. The lowest BCUT2D eigenvalue weighted by Crippen LogP contribution is -2.27. The van der Waals surface area contributed by atoms with Crippen molar-refractivity contribution in [1.29, 1.82) is 0 Å². The minimum atomic E-state index is -0.963.